The van der Waals surface area contributed by atoms with E-state index in [1.54, 1.807) is 12.1 Å². The van der Waals surface area contributed by atoms with Crippen LogP contribution in [-0.4, -0.2) is 36.3 Å². The van der Waals surface area contributed by atoms with E-state index < -0.39 is 0 Å². The molecular weight excluding hydrogens is 362 g/mol. The van der Waals surface area contributed by atoms with E-state index in [4.69, 9.17) is 5.26 Å². The smallest absolute Gasteiger partial charge is 0.253 e. The van der Waals surface area contributed by atoms with E-state index >= 15 is 0 Å². The van der Waals surface area contributed by atoms with Gasteiger partial charge >= 0.3 is 0 Å². The SMILES string of the molecule is CCN(CC)C(=O)c1ccc2c(c1)CCCN2C(=O)CCc1ccc(C#N)cc1. The largest absolute Gasteiger partial charge is 0.339 e. The van der Waals surface area contributed by atoms with Crippen LogP contribution in [0.3, 0.4) is 0 Å². The fraction of sp³-hybridized carbons (Fsp3) is 0.375. The van der Waals surface area contributed by atoms with Crippen LogP contribution in [0.25, 0.3) is 0 Å². The van der Waals surface area contributed by atoms with Crippen molar-refractivity contribution in [1.29, 1.82) is 5.26 Å². The van der Waals surface area contributed by atoms with Crippen molar-refractivity contribution < 1.29 is 9.59 Å². The van der Waals surface area contributed by atoms with Gasteiger partial charge in [0, 0.05) is 37.3 Å². The number of hydrogen-bond donors (Lipinski definition) is 0. The van der Waals surface area contributed by atoms with E-state index in [0.717, 1.165) is 29.7 Å². The van der Waals surface area contributed by atoms with Gasteiger partial charge < -0.3 is 9.80 Å². The van der Waals surface area contributed by atoms with Gasteiger partial charge in [-0.3, -0.25) is 9.59 Å². The number of benzene rings is 2. The van der Waals surface area contributed by atoms with E-state index in [9.17, 15) is 9.59 Å². The summed E-state index contributed by atoms with van der Waals surface area (Å²) in [5.74, 6) is 0.139. The summed E-state index contributed by atoms with van der Waals surface area (Å²) < 4.78 is 0. The predicted octanol–water partition coefficient (Wildman–Crippen LogP) is 3.95. The second kappa shape index (κ2) is 9.38. The van der Waals surface area contributed by atoms with Crippen molar-refractivity contribution in [1.82, 2.24) is 4.90 Å². The summed E-state index contributed by atoms with van der Waals surface area (Å²) in [5, 5.41) is 8.89. The number of carbonyl (C=O) groups excluding carboxylic acids is 2. The molecule has 0 aromatic heterocycles. The lowest BCUT2D eigenvalue weighted by atomic mass is 9.98. The van der Waals surface area contributed by atoms with Gasteiger partial charge in [0.25, 0.3) is 5.91 Å². The zero-order valence-electron chi connectivity index (χ0n) is 17.1. The average molecular weight is 389 g/mol. The molecular formula is C24H27N3O2. The molecule has 5 nitrogen and oxygen atoms in total. The Labute approximate surface area is 172 Å². The summed E-state index contributed by atoms with van der Waals surface area (Å²) in [4.78, 5) is 29.2. The first-order valence-corrected chi connectivity index (χ1v) is 10.3. The molecule has 0 fully saturated rings. The zero-order chi connectivity index (χ0) is 20.8. The molecule has 150 valence electrons. The highest BCUT2D eigenvalue weighted by atomic mass is 16.2. The molecule has 0 N–H and O–H groups in total. The van der Waals surface area contributed by atoms with Crippen LogP contribution in [0.4, 0.5) is 5.69 Å². The van der Waals surface area contributed by atoms with Crippen molar-refractivity contribution in [2.24, 2.45) is 0 Å². The standard InChI is InChI=1S/C24H27N3O2/c1-3-26(4-2)24(29)21-12-13-22-20(16-21)6-5-15-27(22)23(28)14-11-18-7-9-19(17-25)10-8-18/h7-10,12-13,16H,3-6,11,14-15H2,1-2H3. The van der Waals surface area contributed by atoms with Gasteiger partial charge in [-0.25, -0.2) is 0 Å². The highest BCUT2D eigenvalue weighted by molar-refractivity contribution is 5.98. The summed E-state index contributed by atoms with van der Waals surface area (Å²) in [6.45, 7) is 6.05. The number of aryl methyl sites for hydroxylation is 2. The Morgan fingerprint density at radius 2 is 1.83 bits per heavy atom. The summed E-state index contributed by atoms with van der Waals surface area (Å²) >= 11 is 0. The van der Waals surface area contributed by atoms with Crippen LogP contribution in [-0.2, 0) is 17.6 Å². The summed E-state index contributed by atoms with van der Waals surface area (Å²) in [6, 6.07) is 15.2. The summed E-state index contributed by atoms with van der Waals surface area (Å²) in [5.41, 5.74) is 4.37. The fourth-order valence-electron chi connectivity index (χ4n) is 3.81. The molecule has 3 rings (SSSR count). The van der Waals surface area contributed by atoms with Crippen molar-refractivity contribution >= 4 is 17.5 Å². The maximum absolute atomic E-state index is 12.9. The number of nitriles is 1. The highest BCUT2D eigenvalue weighted by Crippen LogP contribution is 2.29. The number of anilines is 1. The molecule has 0 saturated carbocycles. The van der Waals surface area contributed by atoms with Crippen molar-refractivity contribution in [3.05, 3.63) is 64.7 Å². The minimum atomic E-state index is 0.0436. The quantitative estimate of drug-likeness (QED) is 0.751. The molecule has 2 aromatic carbocycles. The van der Waals surface area contributed by atoms with E-state index in [0.29, 0.717) is 43.6 Å². The minimum absolute atomic E-state index is 0.0436. The van der Waals surface area contributed by atoms with Crippen molar-refractivity contribution in [3.8, 4) is 6.07 Å². The minimum Gasteiger partial charge on any atom is -0.339 e. The van der Waals surface area contributed by atoms with Gasteiger partial charge in [0.1, 0.15) is 0 Å². The Morgan fingerprint density at radius 1 is 1.10 bits per heavy atom. The van der Waals surface area contributed by atoms with Crippen molar-refractivity contribution in [3.63, 3.8) is 0 Å². The van der Waals surface area contributed by atoms with Crippen LogP contribution in [0.1, 0.15) is 53.7 Å². The number of nitrogens with zero attached hydrogens (tertiary/aromatic N) is 3. The normalized spacial score (nSPS) is 12.8. The van der Waals surface area contributed by atoms with Crippen LogP contribution >= 0.6 is 0 Å². The summed E-state index contributed by atoms with van der Waals surface area (Å²) in [6.07, 6.45) is 2.85. The topological polar surface area (TPSA) is 64.4 Å². The lowest BCUT2D eigenvalue weighted by Gasteiger charge is -2.30. The van der Waals surface area contributed by atoms with E-state index in [-0.39, 0.29) is 11.8 Å². The molecule has 0 spiro atoms. The predicted molar refractivity (Wildman–Crippen MR) is 114 cm³/mol. The maximum atomic E-state index is 12.9. The lowest BCUT2D eigenvalue weighted by molar-refractivity contribution is -0.118. The van der Waals surface area contributed by atoms with E-state index in [1.807, 2.05) is 54.0 Å². The van der Waals surface area contributed by atoms with Gasteiger partial charge in [-0.1, -0.05) is 12.1 Å². The number of fused-ring (bicyclic) bond motifs is 1. The first kappa shape index (κ1) is 20.6. The molecule has 29 heavy (non-hydrogen) atoms. The maximum Gasteiger partial charge on any atom is 0.253 e. The molecule has 0 saturated heterocycles. The number of amides is 2. The lowest BCUT2D eigenvalue weighted by Crippen LogP contribution is -2.36. The van der Waals surface area contributed by atoms with Crippen molar-refractivity contribution in [2.75, 3.05) is 24.5 Å². The highest BCUT2D eigenvalue weighted by Gasteiger charge is 2.24. The average Bonchev–Trinajstić information content (AvgIpc) is 2.77. The van der Waals surface area contributed by atoms with Crippen LogP contribution in [0.5, 0.6) is 0 Å². The molecule has 0 atom stereocenters. The van der Waals surface area contributed by atoms with E-state index in [1.165, 1.54) is 0 Å². The number of rotatable bonds is 6. The van der Waals surface area contributed by atoms with Gasteiger partial charge in [0.2, 0.25) is 5.91 Å². The Morgan fingerprint density at radius 3 is 2.48 bits per heavy atom. The van der Waals surface area contributed by atoms with Gasteiger partial charge in [-0.2, -0.15) is 5.26 Å². The summed E-state index contributed by atoms with van der Waals surface area (Å²) in [7, 11) is 0. The molecule has 1 heterocycles. The third-order valence-corrected chi connectivity index (χ3v) is 5.51. The van der Waals surface area contributed by atoms with Gasteiger partial charge in [-0.05, 0) is 74.6 Å². The van der Waals surface area contributed by atoms with Gasteiger partial charge in [0.05, 0.1) is 11.6 Å². The van der Waals surface area contributed by atoms with Crippen LogP contribution in [0.2, 0.25) is 0 Å². The molecule has 1 aliphatic rings. The van der Waals surface area contributed by atoms with Crippen LogP contribution < -0.4 is 4.90 Å². The molecule has 2 amide bonds. The third-order valence-electron chi connectivity index (χ3n) is 5.51. The first-order valence-electron chi connectivity index (χ1n) is 10.3. The first-order chi connectivity index (χ1) is 14.1. The molecule has 2 aromatic rings. The molecule has 0 aliphatic carbocycles. The Bertz CT molecular complexity index is 924. The fourth-order valence-corrected chi connectivity index (χ4v) is 3.81. The molecule has 1 aliphatic heterocycles. The Balaban J connectivity index is 1.71. The number of carbonyl (C=O) groups is 2. The third kappa shape index (κ3) is 4.65. The second-order valence-corrected chi connectivity index (χ2v) is 7.28. The van der Waals surface area contributed by atoms with Crippen LogP contribution in [0.15, 0.2) is 42.5 Å². The van der Waals surface area contributed by atoms with Crippen molar-refractivity contribution in [2.45, 2.75) is 39.5 Å². The molecule has 5 heteroatoms. The van der Waals surface area contributed by atoms with Gasteiger partial charge in [-0.15, -0.1) is 0 Å². The molecule has 0 radical (unpaired) electrons. The molecule has 0 bridgehead atoms. The zero-order valence-corrected chi connectivity index (χ0v) is 17.1. The van der Waals surface area contributed by atoms with Gasteiger partial charge in [0.15, 0.2) is 0 Å². The van der Waals surface area contributed by atoms with E-state index in [2.05, 4.69) is 6.07 Å². The Hall–Kier alpha value is -3.13. The van der Waals surface area contributed by atoms with Crippen LogP contribution in [0, 0.1) is 11.3 Å². The second-order valence-electron chi connectivity index (χ2n) is 7.28. The monoisotopic (exact) mass is 389 g/mol. The Kier molecular flexibility index (Phi) is 6.66. The number of hydrogen-bond acceptors (Lipinski definition) is 3. The molecule has 0 unspecified atom stereocenters.